The van der Waals surface area contributed by atoms with E-state index in [1.165, 1.54) is 6.33 Å². The number of anilines is 1. The van der Waals surface area contributed by atoms with Crippen LogP contribution in [-0.4, -0.2) is 53.6 Å². The molecule has 0 spiro atoms. The number of hydrogen-bond acceptors (Lipinski definition) is 5. The highest BCUT2D eigenvalue weighted by molar-refractivity contribution is 6.32. The van der Waals surface area contributed by atoms with E-state index in [1.54, 1.807) is 0 Å². The van der Waals surface area contributed by atoms with Crippen LogP contribution in [0.2, 0.25) is 5.02 Å². The molecule has 0 saturated carbocycles. The Morgan fingerprint density at radius 3 is 2.74 bits per heavy atom. The summed E-state index contributed by atoms with van der Waals surface area (Å²) in [6.07, 6.45) is 2.45. The topological polar surface area (TPSA) is 78.2 Å². The van der Waals surface area contributed by atoms with Crippen LogP contribution in [0.3, 0.4) is 0 Å². The van der Waals surface area contributed by atoms with Crippen molar-refractivity contribution in [2.75, 3.05) is 37.6 Å². The number of nitrogens with two attached hydrogens (primary N) is 1. The van der Waals surface area contributed by atoms with Crippen molar-refractivity contribution in [1.82, 2.24) is 14.9 Å². The number of aromatic nitrogens is 2. The van der Waals surface area contributed by atoms with E-state index in [0.717, 1.165) is 32.6 Å². The molecule has 1 aromatic heterocycles. The minimum atomic E-state index is -0.289. The third kappa shape index (κ3) is 3.08. The van der Waals surface area contributed by atoms with Crippen LogP contribution in [0.15, 0.2) is 11.1 Å². The van der Waals surface area contributed by atoms with E-state index in [-0.39, 0.29) is 10.6 Å². The Labute approximate surface area is 117 Å². The van der Waals surface area contributed by atoms with Crippen LogP contribution < -0.4 is 16.2 Å². The Kier molecular flexibility index (Phi) is 4.79. The standard InChI is InChI=1S/C12H20ClN5O/c1-2-9(7-14)17-3-5-18(6-4-17)11-10(13)12(19)16-8-15-11/h8-9H,2-7,14H2,1H3,(H,15,16,19). The van der Waals surface area contributed by atoms with Gasteiger partial charge in [0, 0.05) is 38.8 Å². The second-order valence-corrected chi connectivity index (χ2v) is 5.07. The predicted octanol–water partition coefficient (Wildman–Crippen LogP) is 0.283. The largest absolute Gasteiger partial charge is 0.353 e. The Morgan fingerprint density at radius 1 is 1.47 bits per heavy atom. The lowest BCUT2D eigenvalue weighted by Crippen LogP contribution is -2.52. The van der Waals surface area contributed by atoms with Gasteiger partial charge in [0.25, 0.3) is 5.56 Å². The summed E-state index contributed by atoms with van der Waals surface area (Å²) in [5.74, 6) is 0.575. The summed E-state index contributed by atoms with van der Waals surface area (Å²) in [5, 5.41) is 0.168. The molecule has 1 aliphatic rings. The molecule has 1 aromatic rings. The van der Waals surface area contributed by atoms with Crippen molar-refractivity contribution in [3.8, 4) is 0 Å². The van der Waals surface area contributed by atoms with Gasteiger partial charge >= 0.3 is 0 Å². The first-order valence-corrected chi connectivity index (χ1v) is 6.97. The van der Waals surface area contributed by atoms with Crippen molar-refractivity contribution in [3.05, 3.63) is 21.7 Å². The molecule has 7 heteroatoms. The van der Waals surface area contributed by atoms with Gasteiger partial charge in [0.05, 0.1) is 6.33 Å². The second-order valence-electron chi connectivity index (χ2n) is 4.69. The van der Waals surface area contributed by atoms with Crippen molar-refractivity contribution in [2.24, 2.45) is 5.73 Å². The fraction of sp³-hybridized carbons (Fsp3) is 0.667. The summed E-state index contributed by atoms with van der Waals surface area (Å²) in [6, 6.07) is 0.435. The Bertz CT molecular complexity index is 465. The van der Waals surface area contributed by atoms with Gasteiger partial charge in [-0.1, -0.05) is 18.5 Å². The highest BCUT2D eigenvalue weighted by Gasteiger charge is 2.24. The molecule has 0 aromatic carbocycles. The molecule has 0 bridgehead atoms. The predicted molar refractivity (Wildman–Crippen MR) is 76.8 cm³/mol. The zero-order valence-electron chi connectivity index (χ0n) is 11.1. The maximum atomic E-state index is 11.5. The molecule has 0 aliphatic carbocycles. The zero-order chi connectivity index (χ0) is 13.8. The third-order valence-corrected chi connectivity index (χ3v) is 3.99. The smallest absolute Gasteiger partial charge is 0.271 e. The number of nitrogens with zero attached hydrogens (tertiary/aromatic N) is 3. The zero-order valence-corrected chi connectivity index (χ0v) is 11.9. The SMILES string of the molecule is CCC(CN)N1CCN(c2nc[nH]c(=O)c2Cl)CC1. The lowest BCUT2D eigenvalue weighted by atomic mass is 10.1. The monoisotopic (exact) mass is 285 g/mol. The van der Waals surface area contributed by atoms with Gasteiger partial charge in [-0.15, -0.1) is 0 Å². The first-order valence-electron chi connectivity index (χ1n) is 6.59. The lowest BCUT2D eigenvalue weighted by molar-refractivity contribution is 0.184. The van der Waals surface area contributed by atoms with Gasteiger partial charge in [-0.25, -0.2) is 4.98 Å². The van der Waals surface area contributed by atoms with Gasteiger partial charge in [0.2, 0.25) is 0 Å². The van der Waals surface area contributed by atoms with Gasteiger partial charge in [-0.3, -0.25) is 9.69 Å². The maximum absolute atomic E-state index is 11.5. The van der Waals surface area contributed by atoms with Gasteiger partial charge in [0.1, 0.15) is 5.02 Å². The Morgan fingerprint density at radius 2 is 2.16 bits per heavy atom. The average Bonchev–Trinajstić information content (AvgIpc) is 2.44. The number of aromatic amines is 1. The van der Waals surface area contributed by atoms with Crippen molar-refractivity contribution in [3.63, 3.8) is 0 Å². The molecule has 2 heterocycles. The molecule has 0 radical (unpaired) electrons. The molecule has 2 rings (SSSR count). The number of rotatable bonds is 4. The molecule has 6 nitrogen and oxygen atoms in total. The Balaban J connectivity index is 2.04. The third-order valence-electron chi connectivity index (χ3n) is 3.65. The van der Waals surface area contributed by atoms with Gasteiger partial charge < -0.3 is 15.6 Å². The van der Waals surface area contributed by atoms with Crippen LogP contribution in [0.1, 0.15) is 13.3 Å². The first-order chi connectivity index (χ1) is 9.17. The lowest BCUT2D eigenvalue weighted by Gasteiger charge is -2.39. The molecule has 1 atom stereocenters. The normalized spacial score (nSPS) is 18.6. The quantitative estimate of drug-likeness (QED) is 0.831. The first kappa shape index (κ1) is 14.3. The van der Waals surface area contributed by atoms with Crippen molar-refractivity contribution >= 4 is 17.4 Å². The van der Waals surface area contributed by atoms with Crippen LogP contribution in [0, 0.1) is 0 Å². The molecule has 106 valence electrons. The van der Waals surface area contributed by atoms with Crippen molar-refractivity contribution < 1.29 is 0 Å². The van der Waals surface area contributed by atoms with Crippen molar-refractivity contribution in [2.45, 2.75) is 19.4 Å². The van der Waals surface area contributed by atoms with Gasteiger partial charge in [0.15, 0.2) is 5.82 Å². The van der Waals surface area contributed by atoms with Gasteiger partial charge in [-0.2, -0.15) is 0 Å². The summed E-state index contributed by atoms with van der Waals surface area (Å²) in [4.78, 5) is 22.5. The van der Waals surface area contributed by atoms with E-state index in [1.807, 2.05) is 0 Å². The number of piperazine rings is 1. The van der Waals surface area contributed by atoms with Crippen molar-refractivity contribution in [1.29, 1.82) is 0 Å². The van der Waals surface area contributed by atoms with Gasteiger partial charge in [-0.05, 0) is 6.42 Å². The Hall–Kier alpha value is -1.11. The number of halogens is 1. The molecule has 1 saturated heterocycles. The van der Waals surface area contributed by atoms with Crippen LogP contribution in [0.25, 0.3) is 0 Å². The van der Waals surface area contributed by atoms with E-state index >= 15 is 0 Å². The number of hydrogen-bond donors (Lipinski definition) is 2. The summed E-state index contributed by atoms with van der Waals surface area (Å²) in [5.41, 5.74) is 5.48. The number of nitrogens with one attached hydrogen (secondary N) is 1. The molecular weight excluding hydrogens is 266 g/mol. The van der Waals surface area contributed by atoms with E-state index in [4.69, 9.17) is 17.3 Å². The molecule has 1 aliphatic heterocycles. The van der Waals surface area contributed by atoms with Crippen LogP contribution in [-0.2, 0) is 0 Å². The van der Waals surface area contributed by atoms with E-state index in [0.29, 0.717) is 18.4 Å². The molecule has 0 amide bonds. The molecule has 1 fully saturated rings. The summed E-state index contributed by atoms with van der Waals surface area (Å²) < 4.78 is 0. The summed E-state index contributed by atoms with van der Waals surface area (Å²) >= 11 is 6.00. The fourth-order valence-electron chi connectivity index (χ4n) is 2.47. The number of H-pyrrole nitrogens is 1. The fourth-order valence-corrected chi connectivity index (χ4v) is 2.69. The van der Waals surface area contributed by atoms with E-state index in [2.05, 4.69) is 26.7 Å². The second kappa shape index (κ2) is 6.36. The summed E-state index contributed by atoms with van der Waals surface area (Å²) in [7, 11) is 0. The average molecular weight is 286 g/mol. The maximum Gasteiger partial charge on any atom is 0.271 e. The van der Waals surface area contributed by atoms with E-state index in [9.17, 15) is 4.79 Å². The molecule has 3 N–H and O–H groups in total. The van der Waals surface area contributed by atoms with Crippen LogP contribution in [0.5, 0.6) is 0 Å². The molecule has 1 unspecified atom stereocenters. The highest BCUT2D eigenvalue weighted by atomic mass is 35.5. The molecular formula is C12H20ClN5O. The highest BCUT2D eigenvalue weighted by Crippen LogP contribution is 2.20. The minimum Gasteiger partial charge on any atom is -0.353 e. The van der Waals surface area contributed by atoms with Crippen LogP contribution >= 0.6 is 11.6 Å². The summed E-state index contributed by atoms with van der Waals surface area (Å²) in [6.45, 7) is 6.29. The van der Waals surface area contributed by atoms with Crippen LogP contribution in [0.4, 0.5) is 5.82 Å². The van der Waals surface area contributed by atoms with E-state index < -0.39 is 0 Å². The minimum absolute atomic E-state index is 0.168. The molecule has 19 heavy (non-hydrogen) atoms.